The third kappa shape index (κ3) is 5.01. The standard InChI is InChI=1S/C18H13Cl2I2NO/c1-10(2)24-18-16(21)6-11(7-17(18)22)5-13(9-23)12-3-4-14(19)15(20)8-12/h3-8,10H,1-2H3/b13-5-. The van der Waals surface area contributed by atoms with E-state index in [0.29, 0.717) is 15.6 Å². The minimum atomic E-state index is 0.110. The van der Waals surface area contributed by atoms with Crippen LogP contribution < -0.4 is 4.74 Å². The minimum absolute atomic E-state index is 0.110. The van der Waals surface area contributed by atoms with Crippen molar-refractivity contribution in [3.63, 3.8) is 0 Å². The highest BCUT2D eigenvalue weighted by atomic mass is 127. The number of hydrogen-bond donors (Lipinski definition) is 0. The van der Waals surface area contributed by atoms with E-state index in [4.69, 9.17) is 27.9 Å². The van der Waals surface area contributed by atoms with Gasteiger partial charge in [0.15, 0.2) is 0 Å². The second-order valence-electron chi connectivity index (χ2n) is 5.28. The Balaban J connectivity index is 2.45. The third-order valence-corrected chi connectivity index (χ3v) is 5.38. The molecule has 2 aromatic carbocycles. The van der Waals surface area contributed by atoms with Crippen LogP contribution in [0.1, 0.15) is 25.0 Å². The van der Waals surface area contributed by atoms with Crippen LogP contribution in [0.2, 0.25) is 10.0 Å². The maximum absolute atomic E-state index is 9.49. The van der Waals surface area contributed by atoms with Gasteiger partial charge in [-0.3, -0.25) is 0 Å². The maximum atomic E-state index is 9.49. The molecule has 0 radical (unpaired) electrons. The molecule has 0 saturated heterocycles. The summed E-state index contributed by atoms with van der Waals surface area (Å²) in [5, 5.41) is 10.4. The fourth-order valence-electron chi connectivity index (χ4n) is 2.02. The summed E-state index contributed by atoms with van der Waals surface area (Å²) >= 11 is 16.5. The van der Waals surface area contributed by atoms with Gasteiger partial charge in [-0.2, -0.15) is 5.26 Å². The van der Waals surface area contributed by atoms with Crippen molar-refractivity contribution in [2.75, 3.05) is 0 Å². The molecule has 124 valence electrons. The lowest BCUT2D eigenvalue weighted by Gasteiger charge is -2.14. The van der Waals surface area contributed by atoms with Gasteiger partial charge in [0.2, 0.25) is 0 Å². The van der Waals surface area contributed by atoms with E-state index in [9.17, 15) is 5.26 Å². The average molecular weight is 584 g/mol. The van der Waals surface area contributed by atoms with Crippen LogP contribution in [0.4, 0.5) is 0 Å². The van der Waals surface area contributed by atoms with Gasteiger partial charge >= 0.3 is 0 Å². The summed E-state index contributed by atoms with van der Waals surface area (Å²) in [6.45, 7) is 4.00. The first-order valence-corrected chi connectivity index (χ1v) is 9.96. The molecule has 24 heavy (non-hydrogen) atoms. The van der Waals surface area contributed by atoms with Crippen LogP contribution in [0.25, 0.3) is 11.6 Å². The molecule has 2 rings (SSSR count). The van der Waals surface area contributed by atoms with Crippen LogP contribution in [0.3, 0.4) is 0 Å². The second kappa shape index (κ2) is 8.75. The highest BCUT2D eigenvalue weighted by Gasteiger charge is 2.11. The first kappa shape index (κ1) is 19.8. The number of ether oxygens (including phenoxy) is 1. The van der Waals surface area contributed by atoms with Crippen molar-refractivity contribution in [1.82, 2.24) is 0 Å². The fourth-order valence-corrected chi connectivity index (χ4v) is 4.39. The van der Waals surface area contributed by atoms with Gasteiger partial charge in [-0.15, -0.1) is 0 Å². The summed E-state index contributed by atoms with van der Waals surface area (Å²) < 4.78 is 7.85. The van der Waals surface area contributed by atoms with Crippen LogP contribution in [-0.4, -0.2) is 6.10 Å². The van der Waals surface area contributed by atoms with Crippen molar-refractivity contribution in [2.24, 2.45) is 0 Å². The van der Waals surface area contributed by atoms with E-state index < -0.39 is 0 Å². The number of hydrogen-bond acceptors (Lipinski definition) is 2. The van der Waals surface area contributed by atoms with Crippen molar-refractivity contribution in [3.8, 4) is 11.8 Å². The minimum Gasteiger partial charge on any atom is -0.489 e. The molecule has 2 aromatic rings. The lowest BCUT2D eigenvalue weighted by atomic mass is 10.0. The number of halogens is 4. The SMILES string of the molecule is CC(C)Oc1c(I)cc(/C=C(/C#N)c2ccc(Cl)c(Cl)c2)cc1I. The Morgan fingerprint density at radius 3 is 2.25 bits per heavy atom. The van der Waals surface area contributed by atoms with E-state index >= 15 is 0 Å². The van der Waals surface area contributed by atoms with E-state index in [1.165, 1.54) is 0 Å². The van der Waals surface area contributed by atoms with Gasteiger partial charge in [-0.05, 0) is 100 Å². The van der Waals surface area contributed by atoms with Crippen LogP contribution in [0, 0.1) is 18.5 Å². The molecule has 0 atom stereocenters. The van der Waals surface area contributed by atoms with Gasteiger partial charge in [0.1, 0.15) is 5.75 Å². The lowest BCUT2D eigenvalue weighted by molar-refractivity contribution is 0.239. The van der Waals surface area contributed by atoms with Gasteiger partial charge in [-0.25, -0.2) is 0 Å². The van der Waals surface area contributed by atoms with Gasteiger partial charge in [0, 0.05) is 0 Å². The molecule has 6 heteroatoms. The van der Waals surface area contributed by atoms with Crippen molar-refractivity contribution < 1.29 is 4.74 Å². The van der Waals surface area contributed by atoms with E-state index in [0.717, 1.165) is 24.0 Å². The van der Waals surface area contributed by atoms with E-state index in [-0.39, 0.29) is 6.10 Å². The topological polar surface area (TPSA) is 33.0 Å². The number of nitrogens with zero attached hydrogens (tertiary/aromatic N) is 1. The van der Waals surface area contributed by atoms with Crippen LogP contribution in [0.15, 0.2) is 30.3 Å². The Morgan fingerprint density at radius 2 is 1.75 bits per heavy atom. The van der Waals surface area contributed by atoms with Gasteiger partial charge in [0.05, 0.1) is 34.9 Å². The molecule has 0 N–H and O–H groups in total. The number of rotatable bonds is 4. The molecule has 0 heterocycles. The molecule has 0 saturated carbocycles. The normalized spacial score (nSPS) is 11.5. The molecular weight excluding hydrogens is 571 g/mol. The Kier molecular flexibility index (Phi) is 7.23. The Bertz CT molecular complexity index is 818. The van der Waals surface area contributed by atoms with Crippen LogP contribution in [-0.2, 0) is 0 Å². The molecule has 0 aliphatic rings. The highest BCUT2D eigenvalue weighted by molar-refractivity contribution is 14.1. The first-order valence-electron chi connectivity index (χ1n) is 7.04. The smallest absolute Gasteiger partial charge is 0.146 e. The molecule has 2 nitrogen and oxygen atoms in total. The molecular formula is C18H13Cl2I2NO. The molecule has 0 amide bonds. The van der Waals surface area contributed by atoms with Crippen molar-refractivity contribution in [3.05, 3.63) is 58.6 Å². The van der Waals surface area contributed by atoms with Crippen LogP contribution >= 0.6 is 68.4 Å². The number of allylic oxidation sites excluding steroid dienone is 1. The van der Waals surface area contributed by atoms with Gasteiger partial charge < -0.3 is 4.74 Å². The van der Waals surface area contributed by atoms with Crippen molar-refractivity contribution >= 4 is 80.0 Å². The zero-order valence-corrected chi connectivity index (χ0v) is 18.7. The summed E-state index contributed by atoms with van der Waals surface area (Å²) in [6, 6.07) is 11.4. The Labute approximate surface area is 179 Å². The van der Waals surface area contributed by atoms with Gasteiger partial charge in [0.25, 0.3) is 0 Å². The fraction of sp³-hybridized carbons (Fsp3) is 0.167. The van der Waals surface area contributed by atoms with Gasteiger partial charge in [-0.1, -0.05) is 29.3 Å². The lowest BCUT2D eigenvalue weighted by Crippen LogP contribution is -2.08. The molecule has 0 aliphatic carbocycles. The van der Waals surface area contributed by atoms with E-state index in [1.54, 1.807) is 18.2 Å². The summed E-state index contributed by atoms with van der Waals surface area (Å²) in [4.78, 5) is 0. The first-order chi connectivity index (χ1) is 11.3. The quantitative estimate of drug-likeness (QED) is 0.219. The molecule has 0 aliphatic heterocycles. The maximum Gasteiger partial charge on any atom is 0.146 e. The van der Waals surface area contributed by atoms with E-state index in [2.05, 4.69) is 51.3 Å². The highest BCUT2D eigenvalue weighted by Crippen LogP contribution is 2.32. The molecule has 0 spiro atoms. The summed E-state index contributed by atoms with van der Waals surface area (Å²) in [5.41, 5.74) is 2.19. The molecule has 0 fully saturated rings. The number of benzene rings is 2. The molecule has 0 unspecified atom stereocenters. The van der Waals surface area contributed by atoms with Crippen molar-refractivity contribution in [1.29, 1.82) is 5.26 Å². The molecule has 0 aromatic heterocycles. The van der Waals surface area contributed by atoms with Crippen LogP contribution in [0.5, 0.6) is 5.75 Å². The summed E-state index contributed by atoms with van der Waals surface area (Å²) in [5.74, 6) is 0.872. The summed E-state index contributed by atoms with van der Waals surface area (Å²) in [6.07, 6.45) is 1.95. The van der Waals surface area contributed by atoms with E-state index in [1.807, 2.05) is 32.1 Å². The Morgan fingerprint density at radius 1 is 1.12 bits per heavy atom. The second-order valence-corrected chi connectivity index (χ2v) is 8.42. The summed E-state index contributed by atoms with van der Waals surface area (Å²) in [7, 11) is 0. The Hall–Kier alpha value is -0.490. The third-order valence-electron chi connectivity index (χ3n) is 3.04. The predicted octanol–water partition coefficient (Wildman–Crippen LogP) is 7.05. The largest absolute Gasteiger partial charge is 0.489 e. The zero-order chi connectivity index (χ0) is 17.9. The number of nitriles is 1. The average Bonchev–Trinajstić information content (AvgIpc) is 2.51. The molecule has 0 bridgehead atoms. The predicted molar refractivity (Wildman–Crippen MR) is 118 cm³/mol. The zero-order valence-electron chi connectivity index (χ0n) is 12.9. The van der Waals surface area contributed by atoms with Crippen molar-refractivity contribution in [2.45, 2.75) is 20.0 Å². The monoisotopic (exact) mass is 583 g/mol.